The van der Waals surface area contributed by atoms with Crippen LogP contribution in [0, 0.1) is 0 Å². The third-order valence-electron chi connectivity index (χ3n) is 2.51. The molecule has 1 heterocycles. The summed E-state index contributed by atoms with van der Waals surface area (Å²) < 4.78 is 27.6. The molecule has 1 saturated heterocycles. The first-order valence-electron chi connectivity index (χ1n) is 4.84. The summed E-state index contributed by atoms with van der Waals surface area (Å²) in [6.07, 6.45) is 0.698. The number of hydrogen-bond donors (Lipinski definition) is 1. The molecule has 1 aliphatic rings. The average molecular weight is 221 g/mol. The molecule has 1 fully saturated rings. The number of hydrogen-bond acceptors (Lipinski definition) is 4. The molecule has 1 aliphatic heterocycles. The van der Waals surface area contributed by atoms with Crippen molar-refractivity contribution in [2.75, 3.05) is 25.2 Å². The highest BCUT2D eigenvalue weighted by molar-refractivity contribution is 7.91. The molecule has 14 heavy (non-hydrogen) atoms. The number of ether oxygens (including phenoxy) is 1. The molecule has 0 amide bonds. The van der Waals surface area contributed by atoms with E-state index in [2.05, 4.69) is 5.32 Å². The Morgan fingerprint density at radius 3 is 2.64 bits per heavy atom. The maximum Gasteiger partial charge on any atom is 0.152 e. The van der Waals surface area contributed by atoms with Gasteiger partial charge in [-0.1, -0.05) is 0 Å². The Balaban J connectivity index is 2.52. The van der Waals surface area contributed by atoms with Gasteiger partial charge in [-0.2, -0.15) is 0 Å². The van der Waals surface area contributed by atoms with Crippen molar-refractivity contribution in [1.29, 1.82) is 0 Å². The van der Waals surface area contributed by atoms with Crippen molar-refractivity contribution in [1.82, 2.24) is 5.32 Å². The highest BCUT2D eigenvalue weighted by Gasteiger charge is 2.38. The van der Waals surface area contributed by atoms with Crippen LogP contribution in [-0.2, 0) is 14.6 Å². The minimum atomic E-state index is -2.82. The molecule has 4 nitrogen and oxygen atoms in total. The molecule has 0 bridgehead atoms. The van der Waals surface area contributed by atoms with E-state index in [9.17, 15) is 8.42 Å². The standard InChI is InChI=1S/C9H19NO3S/c1-8(6-13-3)10-9(2)4-5-14(11,12)7-9/h8,10H,4-7H2,1-3H3. The Labute approximate surface area is 85.9 Å². The fraction of sp³-hybridized carbons (Fsp3) is 1.00. The fourth-order valence-electron chi connectivity index (χ4n) is 2.01. The van der Waals surface area contributed by atoms with Gasteiger partial charge in [0.1, 0.15) is 0 Å². The van der Waals surface area contributed by atoms with Gasteiger partial charge in [0, 0.05) is 18.7 Å². The summed E-state index contributed by atoms with van der Waals surface area (Å²) in [5, 5.41) is 3.31. The smallest absolute Gasteiger partial charge is 0.152 e. The number of rotatable bonds is 4. The van der Waals surface area contributed by atoms with Gasteiger partial charge >= 0.3 is 0 Å². The zero-order valence-electron chi connectivity index (χ0n) is 9.04. The summed E-state index contributed by atoms with van der Waals surface area (Å²) in [5.41, 5.74) is -0.267. The van der Waals surface area contributed by atoms with Crippen LogP contribution in [0.25, 0.3) is 0 Å². The van der Waals surface area contributed by atoms with Gasteiger partial charge in [0.2, 0.25) is 0 Å². The van der Waals surface area contributed by atoms with E-state index < -0.39 is 9.84 Å². The normalized spacial score (nSPS) is 33.1. The maximum atomic E-state index is 11.3. The van der Waals surface area contributed by atoms with Crippen LogP contribution in [0.2, 0.25) is 0 Å². The summed E-state index contributed by atoms with van der Waals surface area (Å²) in [5.74, 6) is 0.546. The zero-order chi connectivity index (χ0) is 10.8. The van der Waals surface area contributed by atoms with E-state index in [1.54, 1.807) is 7.11 Å². The average Bonchev–Trinajstić information content (AvgIpc) is 2.25. The van der Waals surface area contributed by atoms with Crippen molar-refractivity contribution in [2.45, 2.75) is 31.8 Å². The molecule has 0 aromatic heterocycles. The maximum absolute atomic E-state index is 11.3. The van der Waals surface area contributed by atoms with Gasteiger partial charge in [-0.15, -0.1) is 0 Å². The Morgan fingerprint density at radius 2 is 2.21 bits per heavy atom. The van der Waals surface area contributed by atoms with Gasteiger partial charge in [-0.25, -0.2) is 8.42 Å². The Hall–Kier alpha value is -0.130. The molecule has 5 heteroatoms. The van der Waals surface area contributed by atoms with E-state index in [0.29, 0.717) is 18.8 Å². The van der Waals surface area contributed by atoms with Crippen LogP contribution in [0.3, 0.4) is 0 Å². The molecule has 84 valence electrons. The predicted molar refractivity (Wildman–Crippen MR) is 56.1 cm³/mol. The van der Waals surface area contributed by atoms with Crippen molar-refractivity contribution in [3.8, 4) is 0 Å². The molecule has 0 aromatic carbocycles. The van der Waals surface area contributed by atoms with Gasteiger partial charge in [0.05, 0.1) is 18.1 Å². The predicted octanol–water partition coefficient (Wildman–Crippen LogP) is 0.188. The first-order valence-corrected chi connectivity index (χ1v) is 6.66. The van der Waals surface area contributed by atoms with Crippen LogP contribution >= 0.6 is 0 Å². The highest BCUT2D eigenvalue weighted by atomic mass is 32.2. The van der Waals surface area contributed by atoms with E-state index in [4.69, 9.17) is 4.74 Å². The molecule has 0 radical (unpaired) electrons. The Bertz CT molecular complexity index is 288. The van der Waals surface area contributed by atoms with Gasteiger partial charge in [0.15, 0.2) is 9.84 Å². The van der Waals surface area contributed by atoms with E-state index in [1.807, 2.05) is 13.8 Å². The molecule has 1 N–H and O–H groups in total. The quantitative estimate of drug-likeness (QED) is 0.736. The summed E-state index contributed by atoms with van der Waals surface area (Å²) in [6, 6.07) is 0.193. The van der Waals surface area contributed by atoms with E-state index >= 15 is 0 Å². The monoisotopic (exact) mass is 221 g/mol. The second-order valence-electron chi connectivity index (χ2n) is 4.40. The third-order valence-corrected chi connectivity index (χ3v) is 4.42. The zero-order valence-corrected chi connectivity index (χ0v) is 9.86. The van der Waals surface area contributed by atoms with Crippen LogP contribution in [0.15, 0.2) is 0 Å². The minimum absolute atomic E-state index is 0.193. The number of methoxy groups -OCH3 is 1. The summed E-state index contributed by atoms with van der Waals surface area (Å²) in [7, 11) is -1.17. The molecule has 1 rings (SSSR count). The van der Waals surface area contributed by atoms with Gasteiger partial charge < -0.3 is 10.1 Å². The SMILES string of the molecule is COCC(C)NC1(C)CCS(=O)(=O)C1. The van der Waals surface area contributed by atoms with E-state index in [-0.39, 0.29) is 17.3 Å². The van der Waals surface area contributed by atoms with Gasteiger partial charge in [-0.3, -0.25) is 0 Å². The second-order valence-corrected chi connectivity index (χ2v) is 6.59. The molecule has 2 atom stereocenters. The van der Waals surface area contributed by atoms with Gasteiger partial charge in [-0.05, 0) is 20.3 Å². The van der Waals surface area contributed by atoms with Crippen molar-refractivity contribution in [3.63, 3.8) is 0 Å². The van der Waals surface area contributed by atoms with Crippen LogP contribution in [0.5, 0.6) is 0 Å². The Morgan fingerprint density at radius 1 is 1.57 bits per heavy atom. The fourth-order valence-corrected chi connectivity index (χ4v) is 4.12. The molecule has 0 saturated carbocycles. The molecule has 0 aliphatic carbocycles. The molecular weight excluding hydrogens is 202 g/mol. The topological polar surface area (TPSA) is 55.4 Å². The van der Waals surface area contributed by atoms with Crippen LogP contribution in [-0.4, -0.2) is 45.2 Å². The Kier molecular flexibility index (Phi) is 3.55. The van der Waals surface area contributed by atoms with Crippen molar-refractivity contribution >= 4 is 9.84 Å². The molecule has 0 aromatic rings. The lowest BCUT2D eigenvalue weighted by Gasteiger charge is -2.28. The summed E-state index contributed by atoms with van der Waals surface area (Å²) >= 11 is 0. The van der Waals surface area contributed by atoms with Crippen molar-refractivity contribution in [3.05, 3.63) is 0 Å². The lowest BCUT2D eigenvalue weighted by atomic mass is 10.0. The first kappa shape index (κ1) is 11.9. The lowest BCUT2D eigenvalue weighted by Crippen LogP contribution is -2.49. The number of sulfone groups is 1. The van der Waals surface area contributed by atoms with Crippen LogP contribution in [0.1, 0.15) is 20.3 Å². The summed E-state index contributed by atoms with van der Waals surface area (Å²) in [4.78, 5) is 0. The molecule has 0 spiro atoms. The largest absolute Gasteiger partial charge is 0.383 e. The van der Waals surface area contributed by atoms with E-state index in [0.717, 1.165) is 0 Å². The first-order chi connectivity index (χ1) is 6.37. The van der Waals surface area contributed by atoms with E-state index in [1.165, 1.54) is 0 Å². The van der Waals surface area contributed by atoms with Crippen molar-refractivity contribution < 1.29 is 13.2 Å². The van der Waals surface area contributed by atoms with Crippen LogP contribution in [0.4, 0.5) is 0 Å². The summed E-state index contributed by atoms with van der Waals surface area (Å²) in [6.45, 7) is 4.57. The minimum Gasteiger partial charge on any atom is -0.383 e. The second kappa shape index (κ2) is 4.16. The molecular formula is C9H19NO3S. The highest BCUT2D eigenvalue weighted by Crippen LogP contribution is 2.23. The van der Waals surface area contributed by atoms with Crippen molar-refractivity contribution in [2.24, 2.45) is 0 Å². The number of nitrogens with one attached hydrogen (secondary N) is 1. The van der Waals surface area contributed by atoms with Crippen LogP contribution < -0.4 is 5.32 Å². The molecule has 2 unspecified atom stereocenters. The van der Waals surface area contributed by atoms with Gasteiger partial charge in [0.25, 0.3) is 0 Å². The third kappa shape index (κ3) is 3.22. The lowest BCUT2D eigenvalue weighted by molar-refractivity contribution is 0.157.